The van der Waals surface area contributed by atoms with Crippen molar-refractivity contribution >= 4 is 21.7 Å². The fourth-order valence-corrected chi connectivity index (χ4v) is 2.03. The number of rotatable bonds is 5. The number of hydrogen-bond acceptors (Lipinski definition) is 4. The number of hydrogen-bond donors (Lipinski definition) is 0. The van der Waals surface area contributed by atoms with Crippen LogP contribution in [0.25, 0.3) is 0 Å². The van der Waals surface area contributed by atoms with Crippen molar-refractivity contribution in [2.24, 2.45) is 0 Å². The van der Waals surface area contributed by atoms with Gasteiger partial charge < -0.3 is 4.74 Å². The van der Waals surface area contributed by atoms with Gasteiger partial charge in [0, 0.05) is 22.7 Å². The molecule has 0 aliphatic rings. The largest absolute Gasteiger partial charge is 0.496 e. The van der Waals surface area contributed by atoms with Gasteiger partial charge in [0.2, 0.25) is 0 Å². The van der Waals surface area contributed by atoms with Crippen molar-refractivity contribution < 1.29 is 9.53 Å². The number of ether oxygens (including phenoxy) is 1. The van der Waals surface area contributed by atoms with E-state index < -0.39 is 0 Å². The Morgan fingerprint density at radius 1 is 1.47 bits per heavy atom. The molecule has 6 heteroatoms. The van der Waals surface area contributed by atoms with Crippen LogP contribution in [0.2, 0.25) is 0 Å². The van der Waals surface area contributed by atoms with E-state index >= 15 is 0 Å². The summed E-state index contributed by atoms with van der Waals surface area (Å²) in [7, 11) is 1.61. The monoisotopic (exact) mass is 323 g/mol. The van der Waals surface area contributed by atoms with Gasteiger partial charge in [-0.05, 0) is 25.1 Å². The van der Waals surface area contributed by atoms with Gasteiger partial charge in [0.15, 0.2) is 5.78 Å². The molecule has 0 fully saturated rings. The predicted molar refractivity (Wildman–Crippen MR) is 74.8 cm³/mol. The van der Waals surface area contributed by atoms with Crippen LogP contribution in [0.1, 0.15) is 28.5 Å². The second-order valence-corrected chi connectivity index (χ2v) is 4.68. The van der Waals surface area contributed by atoms with Gasteiger partial charge in [-0.1, -0.05) is 21.1 Å². The number of aromatic nitrogens is 3. The molecule has 1 heterocycles. The summed E-state index contributed by atoms with van der Waals surface area (Å²) in [4.78, 5) is 11.4. The van der Waals surface area contributed by atoms with Crippen molar-refractivity contribution in [3.63, 3.8) is 0 Å². The lowest BCUT2D eigenvalue weighted by atomic mass is 10.1. The third-order valence-electron chi connectivity index (χ3n) is 2.74. The van der Waals surface area contributed by atoms with E-state index in [0.717, 1.165) is 17.0 Å². The number of Topliss-reactive ketones (excluding diaryl/α,β-unsaturated/α-hetero) is 1. The Morgan fingerprint density at radius 3 is 2.84 bits per heavy atom. The number of ketones is 1. The third-order valence-corrected chi connectivity index (χ3v) is 3.32. The number of methoxy groups -OCH3 is 1. The van der Waals surface area contributed by atoms with Gasteiger partial charge in [0.1, 0.15) is 5.75 Å². The molecule has 0 amide bonds. The first-order valence-corrected chi connectivity index (χ1v) is 6.89. The molecule has 0 unspecified atom stereocenters. The fourth-order valence-electron chi connectivity index (χ4n) is 1.77. The maximum absolute atomic E-state index is 11.4. The average Bonchev–Trinajstić information content (AvgIpc) is 2.86. The van der Waals surface area contributed by atoms with Crippen LogP contribution in [0.4, 0.5) is 0 Å². The van der Waals surface area contributed by atoms with E-state index in [1.165, 1.54) is 0 Å². The molecular formula is C13H14BrN3O2. The van der Waals surface area contributed by atoms with Gasteiger partial charge >= 0.3 is 0 Å². The number of carbonyl (C=O) groups is 1. The lowest BCUT2D eigenvalue weighted by molar-refractivity contribution is 0.101. The number of carbonyl (C=O) groups excluding carboxylic acids is 1. The first kappa shape index (κ1) is 13.7. The van der Waals surface area contributed by atoms with Gasteiger partial charge in [-0.25, -0.2) is 4.68 Å². The number of halogens is 1. The highest BCUT2D eigenvalue weighted by Crippen LogP contribution is 2.21. The minimum atomic E-state index is 0.0311. The zero-order chi connectivity index (χ0) is 13.8. The van der Waals surface area contributed by atoms with E-state index in [2.05, 4.69) is 26.2 Å². The van der Waals surface area contributed by atoms with Crippen LogP contribution in [0.15, 0.2) is 24.4 Å². The fraction of sp³-hybridized carbons (Fsp3) is 0.308. The van der Waals surface area contributed by atoms with E-state index in [1.54, 1.807) is 30.8 Å². The molecule has 0 spiro atoms. The first-order chi connectivity index (χ1) is 9.13. The molecule has 1 aromatic carbocycles. The van der Waals surface area contributed by atoms with E-state index in [0.29, 0.717) is 17.4 Å². The van der Waals surface area contributed by atoms with Gasteiger partial charge in [-0.15, -0.1) is 5.10 Å². The van der Waals surface area contributed by atoms with E-state index in [9.17, 15) is 4.79 Å². The molecule has 0 bridgehead atoms. The molecule has 0 radical (unpaired) electrons. The molecule has 0 aliphatic carbocycles. The van der Waals surface area contributed by atoms with Crippen molar-refractivity contribution in [1.82, 2.24) is 15.0 Å². The van der Waals surface area contributed by atoms with Crippen molar-refractivity contribution in [1.29, 1.82) is 0 Å². The highest BCUT2D eigenvalue weighted by molar-refractivity contribution is 9.08. The zero-order valence-electron chi connectivity index (χ0n) is 10.8. The normalized spacial score (nSPS) is 10.5. The third kappa shape index (κ3) is 3.20. The molecule has 0 atom stereocenters. The lowest BCUT2D eigenvalue weighted by Crippen LogP contribution is -2.04. The molecule has 0 saturated carbocycles. The van der Waals surface area contributed by atoms with Crippen molar-refractivity contribution in [3.05, 3.63) is 41.2 Å². The van der Waals surface area contributed by atoms with Crippen molar-refractivity contribution in [3.8, 4) is 5.75 Å². The Balaban J connectivity index is 2.31. The Morgan fingerprint density at radius 2 is 2.26 bits per heavy atom. The Kier molecular flexibility index (Phi) is 4.31. The van der Waals surface area contributed by atoms with Crippen LogP contribution >= 0.6 is 15.9 Å². The summed E-state index contributed by atoms with van der Waals surface area (Å²) in [5.41, 5.74) is 2.43. The summed E-state index contributed by atoms with van der Waals surface area (Å²) in [6.45, 7) is 2.06. The van der Waals surface area contributed by atoms with E-state index in [-0.39, 0.29) is 5.78 Å². The standard InChI is InChI=1S/C13H14BrN3O2/c1-9(18)10-3-4-13(19-2)11(5-10)7-17-8-12(6-14)15-16-17/h3-5,8H,6-7H2,1-2H3. The number of alkyl halides is 1. The topological polar surface area (TPSA) is 57.0 Å². The van der Waals surface area contributed by atoms with Crippen LogP contribution in [-0.2, 0) is 11.9 Å². The maximum atomic E-state index is 11.4. The highest BCUT2D eigenvalue weighted by atomic mass is 79.9. The molecule has 2 aromatic rings. The number of nitrogens with zero attached hydrogens (tertiary/aromatic N) is 3. The summed E-state index contributed by atoms with van der Waals surface area (Å²) >= 11 is 3.33. The van der Waals surface area contributed by atoms with E-state index in [1.807, 2.05) is 12.3 Å². The van der Waals surface area contributed by atoms with Crippen molar-refractivity contribution in [2.75, 3.05) is 7.11 Å². The minimum Gasteiger partial charge on any atom is -0.496 e. The van der Waals surface area contributed by atoms with Crippen LogP contribution in [0.3, 0.4) is 0 Å². The summed E-state index contributed by atoms with van der Waals surface area (Å²) in [6, 6.07) is 5.39. The zero-order valence-corrected chi connectivity index (χ0v) is 12.3. The molecule has 5 nitrogen and oxygen atoms in total. The molecule has 2 rings (SSSR count). The van der Waals surface area contributed by atoms with Crippen LogP contribution in [-0.4, -0.2) is 27.9 Å². The van der Waals surface area contributed by atoms with Crippen LogP contribution in [0, 0.1) is 0 Å². The molecule has 100 valence electrons. The summed E-state index contributed by atoms with van der Waals surface area (Å²) in [6.07, 6.45) is 1.86. The molecule has 0 saturated heterocycles. The Bertz CT molecular complexity index is 595. The van der Waals surface area contributed by atoms with Crippen LogP contribution < -0.4 is 4.74 Å². The Hall–Kier alpha value is -1.69. The maximum Gasteiger partial charge on any atom is 0.159 e. The average molecular weight is 324 g/mol. The molecule has 1 aromatic heterocycles. The molecular weight excluding hydrogens is 310 g/mol. The minimum absolute atomic E-state index is 0.0311. The molecule has 0 aliphatic heterocycles. The van der Waals surface area contributed by atoms with Gasteiger partial charge in [-0.2, -0.15) is 0 Å². The van der Waals surface area contributed by atoms with Gasteiger partial charge in [0.25, 0.3) is 0 Å². The van der Waals surface area contributed by atoms with E-state index in [4.69, 9.17) is 4.74 Å². The highest BCUT2D eigenvalue weighted by Gasteiger charge is 2.09. The van der Waals surface area contributed by atoms with Crippen LogP contribution in [0.5, 0.6) is 5.75 Å². The SMILES string of the molecule is COc1ccc(C(C)=O)cc1Cn1cc(CBr)nn1. The quantitative estimate of drug-likeness (QED) is 0.626. The summed E-state index contributed by atoms with van der Waals surface area (Å²) in [5.74, 6) is 0.768. The van der Waals surface area contributed by atoms with Gasteiger partial charge in [-0.3, -0.25) is 4.79 Å². The first-order valence-electron chi connectivity index (χ1n) is 5.77. The number of benzene rings is 1. The lowest BCUT2D eigenvalue weighted by Gasteiger charge is -2.09. The smallest absolute Gasteiger partial charge is 0.159 e. The van der Waals surface area contributed by atoms with Gasteiger partial charge in [0.05, 0.1) is 19.3 Å². The van der Waals surface area contributed by atoms with Crippen molar-refractivity contribution in [2.45, 2.75) is 18.8 Å². The summed E-state index contributed by atoms with van der Waals surface area (Å²) in [5, 5.41) is 8.69. The summed E-state index contributed by atoms with van der Waals surface area (Å²) < 4.78 is 7.02. The predicted octanol–water partition coefficient (Wildman–Crippen LogP) is 2.43. The molecule has 19 heavy (non-hydrogen) atoms. The second kappa shape index (κ2) is 5.97. The molecule has 0 N–H and O–H groups in total. The second-order valence-electron chi connectivity index (χ2n) is 4.12. The Labute approximate surface area is 119 Å².